The first-order valence-corrected chi connectivity index (χ1v) is 8.09. The molecule has 1 saturated heterocycles. The molecule has 2 aromatic heterocycles. The van der Waals surface area contributed by atoms with E-state index in [9.17, 15) is 4.79 Å². The van der Waals surface area contributed by atoms with Crippen molar-refractivity contribution in [3.63, 3.8) is 0 Å². The van der Waals surface area contributed by atoms with E-state index in [0.29, 0.717) is 18.0 Å². The maximum Gasteiger partial charge on any atom is 0.293 e. The second kappa shape index (κ2) is 7.37. The summed E-state index contributed by atoms with van der Waals surface area (Å²) in [6, 6.07) is 7.65. The third-order valence-corrected chi connectivity index (χ3v) is 4.14. The van der Waals surface area contributed by atoms with Gasteiger partial charge in [0.15, 0.2) is 0 Å². The molecule has 1 N–H and O–H groups in total. The van der Waals surface area contributed by atoms with Crippen molar-refractivity contribution in [3.05, 3.63) is 47.6 Å². The van der Waals surface area contributed by atoms with E-state index in [2.05, 4.69) is 15.5 Å². The Balaban J connectivity index is 1.84. The first kappa shape index (κ1) is 15.7. The molecule has 1 atom stereocenters. The fourth-order valence-corrected chi connectivity index (χ4v) is 2.95. The van der Waals surface area contributed by atoms with Crippen LogP contribution in [0.4, 0.5) is 0 Å². The molecule has 2 aromatic rings. The molecule has 0 unspecified atom stereocenters. The lowest BCUT2D eigenvalue weighted by atomic mass is 10.1. The average molecular weight is 314 g/mol. The number of rotatable bonds is 4. The Hall–Kier alpha value is -2.21. The molecule has 0 spiro atoms. The molecular weight excluding hydrogens is 292 g/mol. The molecule has 1 aliphatic rings. The quantitative estimate of drug-likeness (QED) is 0.936. The molecule has 0 aromatic carbocycles. The van der Waals surface area contributed by atoms with Crippen molar-refractivity contribution in [2.75, 3.05) is 13.1 Å². The van der Waals surface area contributed by atoms with Crippen LogP contribution in [0.1, 0.15) is 41.2 Å². The monoisotopic (exact) mass is 314 g/mol. The van der Waals surface area contributed by atoms with Crippen LogP contribution in [0, 0.1) is 6.92 Å². The van der Waals surface area contributed by atoms with Crippen molar-refractivity contribution < 1.29 is 9.32 Å². The summed E-state index contributed by atoms with van der Waals surface area (Å²) in [7, 11) is 0. The molecule has 1 amide bonds. The SMILES string of the molecule is Cc1cc(C(=O)N(Cc2ccccn2)[C@@H]2CCCNCC2)on1. The molecule has 23 heavy (non-hydrogen) atoms. The predicted octanol–water partition coefficient (Wildman–Crippen LogP) is 2.16. The molecule has 6 nitrogen and oxygen atoms in total. The lowest BCUT2D eigenvalue weighted by Crippen LogP contribution is -2.40. The summed E-state index contributed by atoms with van der Waals surface area (Å²) >= 11 is 0. The normalized spacial score (nSPS) is 18.4. The summed E-state index contributed by atoms with van der Waals surface area (Å²) in [6.45, 7) is 4.23. The minimum Gasteiger partial charge on any atom is -0.351 e. The van der Waals surface area contributed by atoms with Crippen LogP contribution < -0.4 is 5.32 Å². The molecule has 1 aliphatic heterocycles. The van der Waals surface area contributed by atoms with Crippen LogP contribution in [0.5, 0.6) is 0 Å². The number of aryl methyl sites for hydroxylation is 1. The summed E-state index contributed by atoms with van der Waals surface area (Å²) in [4.78, 5) is 19.2. The number of nitrogens with one attached hydrogen (secondary N) is 1. The second-order valence-corrected chi connectivity index (χ2v) is 5.92. The van der Waals surface area contributed by atoms with E-state index in [0.717, 1.165) is 38.0 Å². The number of hydrogen-bond donors (Lipinski definition) is 1. The van der Waals surface area contributed by atoms with Gasteiger partial charge in [0.2, 0.25) is 5.76 Å². The van der Waals surface area contributed by atoms with Gasteiger partial charge in [-0.05, 0) is 51.4 Å². The van der Waals surface area contributed by atoms with Gasteiger partial charge >= 0.3 is 0 Å². The molecule has 3 heterocycles. The van der Waals surface area contributed by atoms with Crippen molar-refractivity contribution in [1.82, 2.24) is 20.4 Å². The zero-order valence-corrected chi connectivity index (χ0v) is 13.4. The Labute approximate surface area is 135 Å². The highest BCUT2D eigenvalue weighted by Crippen LogP contribution is 2.19. The highest BCUT2D eigenvalue weighted by atomic mass is 16.5. The van der Waals surface area contributed by atoms with Gasteiger partial charge in [-0.1, -0.05) is 11.2 Å². The van der Waals surface area contributed by atoms with Gasteiger partial charge in [-0.2, -0.15) is 0 Å². The minimum absolute atomic E-state index is 0.108. The van der Waals surface area contributed by atoms with Crippen LogP contribution in [-0.4, -0.2) is 40.1 Å². The number of hydrogen-bond acceptors (Lipinski definition) is 5. The van der Waals surface area contributed by atoms with Gasteiger partial charge < -0.3 is 14.7 Å². The van der Waals surface area contributed by atoms with Gasteiger partial charge in [-0.3, -0.25) is 9.78 Å². The minimum atomic E-state index is -0.108. The van der Waals surface area contributed by atoms with Gasteiger partial charge in [0.1, 0.15) is 0 Å². The molecular formula is C17H22N4O2. The zero-order chi connectivity index (χ0) is 16.1. The molecule has 0 aliphatic carbocycles. The lowest BCUT2D eigenvalue weighted by Gasteiger charge is -2.30. The van der Waals surface area contributed by atoms with Gasteiger partial charge in [-0.25, -0.2) is 0 Å². The van der Waals surface area contributed by atoms with Gasteiger partial charge in [0, 0.05) is 18.3 Å². The molecule has 0 bridgehead atoms. The topological polar surface area (TPSA) is 71.3 Å². The maximum absolute atomic E-state index is 12.9. The molecule has 122 valence electrons. The highest BCUT2D eigenvalue weighted by Gasteiger charge is 2.28. The summed E-state index contributed by atoms with van der Waals surface area (Å²) < 4.78 is 5.19. The van der Waals surface area contributed by atoms with Crippen molar-refractivity contribution in [1.29, 1.82) is 0 Å². The molecule has 6 heteroatoms. The summed E-state index contributed by atoms with van der Waals surface area (Å²) in [5, 5.41) is 7.23. The smallest absolute Gasteiger partial charge is 0.293 e. The Kier molecular flexibility index (Phi) is 5.02. The number of carbonyl (C=O) groups excluding carboxylic acids is 1. The summed E-state index contributed by atoms with van der Waals surface area (Å²) in [5.41, 5.74) is 1.60. The largest absolute Gasteiger partial charge is 0.351 e. The van der Waals surface area contributed by atoms with Crippen LogP contribution in [0.25, 0.3) is 0 Å². The number of carbonyl (C=O) groups is 1. The number of aromatic nitrogens is 2. The van der Waals surface area contributed by atoms with E-state index in [4.69, 9.17) is 4.52 Å². The van der Waals surface area contributed by atoms with Crippen LogP contribution in [0.3, 0.4) is 0 Å². The zero-order valence-electron chi connectivity index (χ0n) is 13.4. The first-order chi connectivity index (χ1) is 11.2. The third-order valence-electron chi connectivity index (χ3n) is 4.14. The standard InChI is InChI=1S/C17H22N4O2/c1-13-11-16(23-20-13)17(22)21(12-14-5-2-3-9-19-14)15-6-4-8-18-10-7-15/h2-3,5,9,11,15,18H,4,6-8,10,12H2,1H3/t15-/m1/s1. The third kappa shape index (κ3) is 3.96. The van der Waals surface area contributed by atoms with Crippen LogP contribution in [-0.2, 0) is 6.54 Å². The highest BCUT2D eigenvalue weighted by molar-refractivity contribution is 5.91. The van der Waals surface area contributed by atoms with E-state index in [1.54, 1.807) is 12.3 Å². The number of pyridine rings is 1. The van der Waals surface area contributed by atoms with Gasteiger partial charge in [-0.15, -0.1) is 0 Å². The van der Waals surface area contributed by atoms with Crippen molar-refractivity contribution >= 4 is 5.91 Å². The van der Waals surface area contributed by atoms with Gasteiger partial charge in [0.05, 0.1) is 17.9 Å². The van der Waals surface area contributed by atoms with Crippen molar-refractivity contribution in [3.8, 4) is 0 Å². The Morgan fingerprint density at radius 3 is 3.04 bits per heavy atom. The first-order valence-electron chi connectivity index (χ1n) is 8.09. The summed E-state index contributed by atoms with van der Waals surface area (Å²) in [5.74, 6) is 0.193. The van der Waals surface area contributed by atoms with Gasteiger partial charge in [0.25, 0.3) is 5.91 Å². The molecule has 0 radical (unpaired) electrons. The predicted molar refractivity (Wildman–Crippen MR) is 85.9 cm³/mol. The molecule has 3 rings (SSSR count). The second-order valence-electron chi connectivity index (χ2n) is 5.92. The van der Waals surface area contributed by atoms with E-state index in [-0.39, 0.29) is 11.9 Å². The van der Waals surface area contributed by atoms with E-state index < -0.39 is 0 Å². The van der Waals surface area contributed by atoms with E-state index in [1.165, 1.54) is 0 Å². The Morgan fingerprint density at radius 2 is 2.30 bits per heavy atom. The molecule has 0 saturated carbocycles. The fourth-order valence-electron chi connectivity index (χ4n) is 2.95. The van der Waals surface area contributed by atoms with Crippen molar-refractivity contribution in [2.45, 2.75) is 38.8 Å². The summed E-state index contributed by atoms with van der Waals surface area (Å²) in [6.07, 6.45) is 4.74. The Bertz CT molecular complexity index is 633. The van der Waals surface area contributed by atoms with E-state index >= 15 is 0 Å². The Morgan fingerprint density at radius 1 is 1.39 bits per heavy atom. The van der Waals surface area contributed by atoms with Crippen LogP contribution >= 0.6 is 0 Å². The van der Waals surface area contributed by atoms with Crippen LogP contribution in [0.2, 0.25) is 0 Å². The average Bonchev–Trinajstić information content (AvgIpc) is 2.84. The molecule has 1 fully saturated rings. The fraction of sp³-hybridized carbons (Fsp3) is 0.471. The number of amides is 1. The van der Waals surface area contributed by atoms with Crippen molar-refractivity contribution in [2.24, 2.45) is 0 Å². The van der Waals surface area contributed by atoms with Crippen LogP contribution in [0.15, 0.2) is 35.0 Å². The van der Waals surface area contributed by atoms with E-state index in [1.807, 2.05) is 30.0 Å². The number of nitrogens with zero attached hydrogens (tertiary/aromatic N) is 3. The lowest BCUT2D eigenvalue weighted by molar-refractivity contribution is 0.0599. The maximum atomic E-state index is 12.9.